The molecule has 4 rings (SSSR count). The molecular formula is C22H19FN4O5S. The predicted octanol–water partition coefficient (Wildman–Crippen LogP) is 2.13. The molecule has 0 aliphatic rings. The van der Waals surface area contributed by atoms with Gasteiger partial charge in [-0.1, -0.05) is 24.3 Å². The minimum atomic E-state index is -3.79. The van der Waals surface area contributed by atoms with Crippen LogP contribution in [-0.2, 0) is 23.0 Å². The molecule has 1 heterocycles. The zero-order chi connectivity index (χ0) is 23.6. The van der Waals surface area contributed by atoms with Crippen LogP contribution in [0.25, 0.3) is 11.0 Å². The number of carbonyl (C=O) groups excluding carboxylic acids is 1. The number of amides is 1. The van der Waals surface area contributed by atoms with Gasteiger partial charge < -0.3 is 10.1 Å². The number of nitrogens with zero attached hydrogens (tertiary/aromatic N) is 3. The molecule has 33 heavy (non-hydrogen) atoms. The summed E-state index contributed by atoms with van der Waals surface area (Å²) in [5.41, 5.74) is 2.29. The Bertz CT molecular complexity index is 1400. The van der Waals surface area contributed by atoms with Crippen molar-refractivity contribution in [3.63, 3.8) is 0 Å². The van der Waals surface area contributed by atoms with Gasteiger partial charge in [0.25, 0.3) is 5.91 Å². The van der Waals surface area contributed by atoms with Crippen molar-refractivity contribution >= 4 is 27.0 Å². The number of hydrogen-bond acceptors (Lipinski definition) is 6. The SMILES string of the molecule is NS(=O)(=O)c1ccc(CCN(Cc2ccc(F)cc2)C(=O)c2ccc3c(c2)no[n+]3[O-])cc1. The Labute approximate surface area is 188 Å². The van der Waals surface area contributed by atoms with E-state index in [9.17, 15) is 22.8 Å². The number of sulfonamides is 1. The summed E-state index contributed by atoms with van der Waals surface area (Å²) in [5, 5.41) is 20.3. The maximum atomic E-state index is 13.3. The molecule has 11 heteroatoms. The number of fused-ring (bicyclic) bond motifs is 1. The first-order valence-corrected chi connectivity index (χ1v) is 11.4. The largest absolute Gasteiger partial charge is 0.359 e. The number of carbonyl (C=O) groups is 1. The normalized spacial score (nSPS) is 11.6. The van der Waals surface area contributed by atoms with Gasteiger partial charge in [-0.2, -0.15) is 0 Å². The van der Waals surface area contributed by atoms with Crippen molar-refractivity contribution in [3.05, 3.63) is 94.4 Å². The highest BCUT2D eigenvalue weighted by atomic mass is 32.2. The van der Waals surface area contributed by atoms with Crippen LogP contribution in [-0.4, -0.2) is 30.9 Å². The number of halogens is 1. The molecule has 0 bridgehead atoms. The Hall–Kier alpha value is -3.83. The number of benzene rings is 3. The summed E-state index contributed by atoms with van der Waals surface area (Å²) in [7, 11) is -3.79. The first kappa shape index (κ1) is 22.4. The maximum absolute atomic E-state index is 13.3. The first-order valence-electron chi connectivity index (χ1n) is 9.86. The summed E-state index contributed by atoms with van der Waals surface area (Å²) >= 11 is 0. The van der Waals surface area contributed by atoms with E-state index in [-0.39, 0.29) is 39.1 Å². The van der Waals surface area contributed by atoms with E-state index < -0.39 is 10.0 Å². The van der Waals surface area contributed by atoms with E-state index in [0.29, 0.717) is 18.5 Å². The lowest BCUT2D eigenvalue weighted by atomic mass is 10.1. The van der Waals surface area contributed by atoms with Crippen LogP contribution >= 0.6 is 0 Å². The maximum Gasteiger partial charge on any atom is 0.254 e. The molecule has 170 valence electrons. The Kier molecular flexibility index (Phi) is 6.07. The molecule has 1 amide bonds. The molecule has 9 nitrogen and oxygen atoms in total. The second-order valence-corrected chi connectivity index (χ2v) is 8.99. The van der Waals surface area contributed by atoms with Crippen molar-refractivity contribution in [1.29, 1.82) is 0 Å². The quantitative estimate of drug-likeness (QED) is 0.411. The average molecular weight is 470 g/mol. The molecule has 0 aliphatic carbocycles. The van der Waals surface area contributed by atoms with Crippen molar-refractivity contribution in [2.75, 3.05) is 6.54 Å². The molecular weight excluding hydrogens is 451 g/mol. The second-order valence-electron chi connectivity index (χ2n) is 7.43. The number of hydrogen-bond donors (Lipinski definition) is 1. The van der Waals surface area contributed by atoms with Crippen molar-refractivity contribution in [3.8, 4) is 0 Å². The van der Waals surface area contributed by atoms with E-state index in [0.717, 1.165) is 11.1 Å². The predicted molar refractivity (Wildman–Crippen MR) is 116 cm³/mol. The summed E-state index contributed by atoms with van der Waals surface area (Å²) < 4.78 is 40.8. The summed E-state index contributed by atoms with van der Waals surface area (Å²) in [6.07, 6.45) is 0.435. The molecule has 3 aromatic carbocycles. The first-order chi connectivity index (χ1) is 15.7. The van der Waals surface area contributed by atoms with Crippen molar-refractivity contribution in [2.24, 2.45) is 5.14 Å². The summed E-state index contributed by atoms with van der Waals surface area (Å²) in [4.78, 5) is 15.1. The monoisotopic (exact) mass is 470 g/mol. The fourth-order valence-electron chi connectivity index (χ4n) is 3.36. The molecule has 0 unspecified atom stereocenters. The molecule has 0 saturated heterocycles. The van der Waals surface area contributed by atoms with E-state index in [4.69, 9.17) is 5.14 Å². The number of rotatable bonds is 7. The standard InChI is InChI=1S/C22H19FN4O5S/c23-18-6-1-16(2-7-18)14-26(12-11-15-3-8-19(9-4-15)33(24,30)31)22(28)17-5-10-21-20(13-17)25-32-27(21)29/h1-10,13H,11-12,14H2,(H2,24,30,31). The minimum Gasteiger partial charge on any atom is -0.359 e. The molecule has 1 aromatic heterocycles. The smallest absolute Gasteiger partial charge is 0.254 e. The Morgan fingerprint density at radius 3 is 2.39 bits per heavy atom. The molecule has 4 aromatic rings. The van der Waals surface area contributed by atoms with E-state index in [1.54, 1.807) is 29.2 Å². The fraction of sp³-hybridized carbons (Fsp3) is 0.136. The van der Waals surface area contributed by atoms with Gasteiger partial charge in [0.1, 0.15) is 5.82 Å². The van der Waals surface area contributed by atoms with E-state index >= 15 is 0 Å². The Balaban J connectivity index is 1.57. The average Bonchev–Trinajstić information content (AvgIpc) is 3.17. The molecule has 0 radical (unpaired) electrons. The summed E-state index contributed by atoms with van der Waals surface area (Å²) in [6, 6.07) is 16.3. The lowest BCUT2D eigenvalue weighted by molar-refractivity contribution is -0.782. The fourth-order valence-corrected chi connectivity index (χ4v) is 3.88. The molecule has 2 N–H and O–H groups in total. The van der Waals surface area contributed by atoms with Gasteiger partial charge in [-0.15, -0.1) is 0 Å². The van der Waals surface area contributed by atoms with Crippen molar-refractivity contribution in [2.45, 2.75) is 17.9 Å². The molecule has 0 spiro atoms. The van der Waals surface area contributed by atoms with Crippen LogP contribution in [0.5, 0.6) is 0 Å². The molecule has 0 aliphatic heterocycles. The van der Waals surface area contributed by atoms with Gasteiger partial charge in [0.05, 0.1) is 4.90 Å². The van der Waals surface area contributed by atoms with Crippen molar-refractivity contribution < 1.29 is 27.1 Å². The number of primary sulfonamides is 1. The van der Waals surface area contributed by atoms with Crippen LogP contribution < -0.4 is 10.0 Å². The van der Waals surface area contributed by atoms with Crippen LogP contribution in [0.15, 0.2) is 76.3 Å². The van der Waals surface area contributed by atoms with E-state index in [1.165, 1.54) is 42.5 Å². The summed E-state index contributed by atoms with van der Waals surface area (Å²) in [5.74, 6) is -0.697. The topological polar surface area (TPSA) is 133 Å². The van der Waals surface area contributed by atoms with Gasteiger partial charge >= 0.3 is 0 Å². The Morgan fingerprint density at radius 1 is 1.06 bits per heavy atom. The van der Waals surface area contributed by atoms with Crippen LogP contribution in [0.3, 0.4) is 0 Å². The number of aromatic nitrogens is 2. The zero-order valence-electron chi connectivity index (χ0n) is 17.2. The third kappa shape index (κ3) is 5.16. The van der Waals surface area contributed by atoms with Crippen LogP contribution in [0, 0.1) is 11.0 Å². The van der Waals surface area contributed by atoms with Crippen LogP contribution in [0.4, 0.5) is 4.39 Å². The minimum absolute atomic E-state index is 0.00187. The Morgan fingerprint density at radius 2 is 1.73 bits per heavy atom. The van der Waals surface area contributed by atoms with Gasteiger partial charge in [0.2, 0.25) is 21.1 Å². The highest BCUT2D eigenvalue weighted by Gasteiger charge is 2.20. The zero-order valence-corrected chi connectivity index (χ0v) is 18.0. The van der Waals surface area contributed by atoms with E-state index in [2.05, 4.69) is 9.79 Å². The van der Waals surface area contributed by atoms with Gasteiger partial charge in [-0.3, -0.25) is 9.42 Å². The second kappa shape index (κ2) is 8.96. The molecule has 0 saturated carbocycles. The molecule has 0 fully saturated rings. The van der Waals surface area contributed by atoms with Gasteiger partial charge in [-0.05, 0) is 58.8 Å². The van der Waals surface area contributed by atoms with E-state index in [1.807, 2.05) is 0 Å². The lowest BCUT2D eigenvalue weighted by Crippen LogP contribution is -2.32. The van der Waals surface area contributed by atoms with Gasteiger partial charge in [0.15, 0.2) is 0 Å². The van der Waals surface area contributed by atoms with Crippen LogP contribution in [0.2, 0.25) is 0 Å². The lowest BCUT2D eigenvalue weighted by Gasteiger charge is -2.23. The third-order valence-electron chi connectivity index (χ3n) is 5.13. The third-order valence-corrected chi connectivity index (χ3v) is 6.06. The number of nitrogens with two attached hydrogens (primary N) is 1. The van der Waals surface area contributed by atoms with Crippen LogP contribution in [0.1, 0.15) is 21.5 Å². The summed E-state index contributed by atoms with van der Waals surface area (Å²) in [6.45, 7) is 0.510. The highest BCUT2D eigenvalue weighted by molar-refractivity contribution is 7.89. The van der Waals surface area contributed by atoms with Crippen molar-refractivity contribution in [1.82, 2.24) is 10.1 Å². The molecule has 0 atom stereocenters. The highest BCUT2D eigenvalue weighted by Crippen LogP contribution is 2.17. The van der Waals surface area contributed by atoms with Gasteiger partial charge in [0, 0.05) is 29.9 Å². The van der Waals surface area contributed by atoms with Gasteiger partial charge in [-0.25, -0.2) is 17.9 Å².